The van der Waals surface area contributed by atoms with Crippen molar-refractivity contribution in [2.45, 2.75) is 89.6 Å². The fourth-order valence-electron chi connectivity index (χ4n) is 4.40. The number of aliphatic hydroxyl groups excluding tert-OH is 1. The third-order valence-electron chi connectivity index (χ3n) is 7.05. The van der Waals surface area contributed by atoms with E-state index in [4.69, 9.17) is 19.5 Å². The maximum absolute atomic E-state index is 14.0. The second kappa shape index (κ2) is 20.2. The Bertz CT molecular complexity index is 1060. The summed E-state index contributed by atoms with van der Waals surface area (Å²) in [6.45, 7) is 3.53. The van der Waals surface area contributed by atoms with Gasteiger partial charge in [0.25, 0.3) is 0 Å². The van der Waals surface area contributed by atoms with Crippen LogP contribution in [-0.2, 0) is 31.5 Å². The average molecular weight is 623 g/mol. The topological polar surface area (TPSA) is 120 Å². The zero-order chi connectivity index (χ0) is 30.7. The van der Waals surface area contributed by atoms with Crippen LogP contribution in [0.5, 0.6) is 5.75 Å². The number of benzene rings is 2. The van der Waals surface area contributed by atoms with Gasteiger partial charge in [0.1, 0.15) is 11.8 Å². The maximum atomic E-state index is 14.0. The summed E-state index contributed by atoms with van der Waals surface area (Å²) in [6, 6.07) is 16.2. The second-order valence-corrected chi connectivity index (χ2v) is 13.4. The lowest BCUT2D eigenvalue weighted by Gasteiger charge is -2.30. The third-order valence-corrected chi connectivity index (χ3v) is 9.25. The first-order valence-electron chi connectivity index (χ1n) is 15.2. The lowest BCUT2D eigenvalue weighted by Crippen LogP contribution is -2.49. The molecule has 0 saturated heterocycles. The fourth-order valence-corrected chi connectivity index (χ4v) is 6.49. The number of aryl methyl sites for hydroxylation is 2. The molecule has 2 unspecified atom stereocenters. The number of hydrogen-bond donors (Lipinski definition) is 3. The molecule has 236 valence electrons. The highest BCUT2D eigenvalue weighted by atomic mass is 32.2. The summed E-state index contributed by atoms with van der Waals surface area (Å²) < 4.78 is 30.8. The molecule has 0 saturated carbocycles. The number of unbranched alkanes of at least 4 members (excludes halogenated alkanes) is 5. The van der Waals surface area contributed by atoms with Gasteiger partial charge in [-0.3, -0.25) is 9.32 Å². The van der Waals surface area contributed by atoms with Crippen LogP contribution in [0.25, 0.3) is 0 Å². The van der Waals surface area contributed by atoms with Gasteiger partial charge >= 0.3 is 13.7 Å². The van der Waals surface area contributed by atoms with E-state index in [9.17, 15) is 14.5 Å². The van der Waals surface area contributed by atoms with Gasteiger partial charge in [-0.1, -0.05) is 81.5 Å². The van der Waals surface area contributed by atoms with Gasteiger partial charge < -0.3 is 20.1 Å². The van der Waals surface area contributed by atoms with Crippen LogP contribution < -0.4 is 15.3 Å². The number of aliphatic hydroxyl groups is 1. The van der Waals surface area contributed by atoms with E-state index >= 15 is 0 Å². The van der Waals surface area contributed by atoms with E-state index in [-0.39, 0.29) is 19.8 Å². The number of rotatable bonds is 23. The van der Waals surface area contributed by atoms with Crippen LogP contribution in [0.4, 0.5) is 0 Å². The number of nitrogens with two attached hydrogens (primary N) is 1. The van der Waals surface area contributed by atoms with E-state index in [0.29, 0.717) is 30.8 Å². The Hall–Kier alpha value is -1.87. The molecule has 3 atom stereocenters. The van der Waals surface area contributed by atoms with Crippen LogP contribution in [0.15, 0.2) is 54.6 Å². The first-order valence-corrected chi connectivity index (χ1v) is 18.1. The van der Waals surface area contributed by atoms with Gasteiger partial charge in [0.05, 0.1) is 25.4 Å². The number of para-hydroxylation sites is 1. The van der Waals surface area contributed by atoms with Gasteiger partial charge in [-0.2, -0.15) is 16.8 Å². The summed E-state index contributed by atoms with van der Waals surface area (Å²) in [5.41, 5.74) is 7.79. The van der Waals surface area contributed by atoms with Gasteiger partial charge in [-0.25, -0.2) is 4.57 Å². The molecule has 8 nitrogen and oxygen atoms in total. The van der Waals surface area contributed by atoms with E-state index < -0.39 is 25.3 Å². The van der Waals surface area contributed by atoms with Crippen LogP contribution in [0.2, 0.25) is 0 Å². The number of hydrogen-bond acceptors (Lipinski definition) is 8. The van der Waals surface area contributed by atoms with Crippen molar-refractivity contribution in [3.8, 4) is 5.75 Å². The first-order chi connectivity index (χ1) is 20.3. The quantitative estimate of drug-likeness (QED) is 0.0707. The predicted octanol–water partition coefficient (Wildman–Crippen LogP) is 6.69. The molecule has 0 aliphatic rings. The van der Waals surface area contributed by atoms with Crippen molar-refractivity contribution in [2.24, 2.45) is 5.73 Å². The summed E-state index contributed by atoms with van der Waals surface area (Å²) >= 11 is 1.56. The molecule has 0 aromatic heterocycles. The lowest BCUT2D eigenvalue weighted by molar-refractivity contribution is -0.145. The normalized spacial score (nSPS) is 15.0. The first kappa shape index (κ1) is 36.3. The summed E-state index contributed by atoms with van der Waals surface area (Å²) in [7, 11) is -4.10. The zero-order valence-corrected chi connectivity index (χ0v) is 27.3. The summed E-state index contributed by atoms with van der Waals surface area (Å²) in [6.07, 6.45) is 12.0. The molecular weight excluding hydrogens is 571 g/mol. The molecule has 0 aliphatic heterocycles. The lowest BCUT2D eigenvalue weighted by atomic mass is 9.93. The molecule has 2 aromatic rings. The predicted molar refractivity (Wildman–Crippen MR) is 173 cm³/mol. The highest BCUT2D eigenvalue weighted by Gasteiger charge is 2.37. The Kier molecular flexibility index (Phi) is 17.4. The van der Waals surface area contributed by atoms with E-state index in [2.05, 4.69) is 36.3 Å². The minimum atomic E-state index is -4.10. The monoisotopic (exact) mass is 622 g/mol. The number of esters is 1. The molecule has 2 aromatic carbocycles. The molecule has 0 fully saturated rings. The van der Waals surface area contributed by atoms with E-state index in [1.807, 2.05) is 12.3 Å². The van der Waals surface area contributed by atoms with Crippen molar-refractivity contribution in [2.75, 3.05) is 31.8 Å². The number of carbonyl (C=O) groups is 1. The molecule has 0 radical (unpaired) electrons. The average Bonchev–Trinajstić information content (AvgIpc) is 3.00. The van der Waals surface area contributed by atoms with Gasteiger partial charge in [-0.15, -0.1) is 0 Å². The van der Waals surface area contributed by atoms with Gasteiger partial charge in [-0.05, 0) is 74.3 Å². The van der Waals surface area contributed by atoms with Crippen molar-refractivity contribution < 1.29 is 28.3 Å². The van der Waals surface area contributed by atoms with Crippen molar-refractivity contribution in [1.29, 1.82) is 0 Å². The molecule has 0 aliphatic carbocycles. The smallest absolute Gasteiger partial charge is 0.459 e. The van der Waals surface area contributed by atoms with Crippen molar-refractivity contribution in [3.63, 3.8) is 0 Å². The van der Waals surface area contributed by atoms with Crippen molar-refractivity contribution in [3.05, 3.63) is 65.7 Å². The molecule has 42 heavy (non-hydrogen) atoms. The minimum absolute atomic E-state index is 0.192. The van der Waals surface area contributed by atoms with Crippen LogP contribution in [0.1, 0.15) is 76.3 Å². The highest BCUT2D eigenvalue weighted by Crippen LogP contribution is 2.46. The van der Waals surface area contributed by atoms with Crippen molar-refractivity contribution in [1.82, 2.24) is 5.09 Å². The number of thioether (sulfide) groups is 1. The Balaban J connectivity index is 2.03. The van der Waals surface area contributed by atoms with Crippen LogP contribution >= 0.6 is 19.5 Å². The van der Waals surface area contributed by atoms with Crippen LogP contribution in [0, 0.1) is 0 Å². The Morgan fingerprint density at radius 3 is 2.26 bits per heavy atom. The fraction of sp³-hybridized carbons (Fsp3) is 0.594. The Morgan fingerprint density at radius 1 is 1.00 bits per heavy atom. The van der Waals surface area contributed by atoms with E-state index in [1.165, 1.54) is 44.1 Å². The molecule has 4 N–H and O–H groups in total. The van der Waals surface area contributed by atoms with Crippen molar-refractivity contribution >= 4 is 25.5 Å². The van der Waals surface area contributed by atoms with E-state index in [1.54, 1.807) is 43.0 Å². The highest BCUT2D eigenvalue weighted by molar-refractivity contribution is 7.98. The van der Waals surface area contributed by atoms with Crippen LogP contribution in [-0.4, -0.2) is 54.5 Å². The standard InChI is InChI=1S/C32H51N2O6PS/c1-4-6-7-8-9-11-14-27-17-19-28(20-18-27)21-23-32(33,25-35)26-39-41(37,40-29-15-12-10-13-16-29)34-30(22-24-42-3)31(36)38-5-2/h10,12-13,15-20,30,35H,4-9,11,14,21-26,33H2,1-3H3,(H,34,37)/t30-,32?,41?/m0/s1. The second-order valence-electron chi connectivity index (χ2n) is 10.7. The minimum Gasteiger partial charge on any atom is -0.465 e. The SMILES string of the molecule is CCCCCCCCc1ccc(CCC(N)(CO)COP(=O)(N[C@@H](CCSC)C(=O)OCC)Oc2ccccc2)cc1. The van der Waals surface area contributed by atoms with Gasteiger partial charge in [0.2, 0.25) is 0 Å². The van der Waals surface area contributed by atoms with Gasteiger partial charge in [0, 0.05) is 0 Å². The summed E-state index contributed by atoms with van der Waals surface area (Å²) in [4.78, 5) is 12.6. The molecule has 0 bridgehead atoms. The largest absolute Gasteiger partial charge is 0.465 e. The van der Waals surface area contributed by atoms with Crippen LogP contribution in [0.3, 0.4) is 0 Å². The molecule has 0 spiro atoms. The molecular formula is C32H51N2O6PS. The number of nitrogens with one attached hydrogen (secondary N) is 1. The van der Waals surface area contributed by atoms with Gasteiger partial charge in [0.15, 0.2) is 0 Å². The summed E-state index contributed by atoms with van der Waals surface area (Å²) in [5, 5.41) is 13.0. The molecule has 2 rings (SSSR count). The number of ether oxygens (including phenoxy) is 1. The third kappa shape index (κ3) is 14.1. The summed E-state index contributed by atoms with van der Waals surface area (Å²) in [5.74, 6) is 0.415. The number of carbonyl (C=O) groups excluding carboxylic acids is 1. The Morgan fingerprint density at radius 2 is 1.64 bits per heavy atom. The maximum Gasteiger partial charge on any atom is 0.459 e. The molecule has 0 amide bonds. The Labute approximate surface area is 257 Å². The molecule has 10 heteroatoms. The zero-order valence-electron chi connectivity index (χ0n) is 25.6. The molecule has 0 heterocycles. The van der Waals surface area contributed by atoms with E-state index in [0.717, 1.165) is 12.0 Å².